The van der Waals surface area contributed by atoms with Crippen LogP contribution in [0.15, 0.2) is 0 Å². The number of methoxy groups -OCH3 is 1. The molecule has 1 aliphatic heterocycles. The van der Waals surface area contributed by atoms with Crippen LogP contribution >= 0.6 is 12.2 Å². The molecular formula is C9H18N2O3S2. The van der Waals surface area contributed by atoms with Crippen LogP contribution in [0, 0.1) is 5.92 Å². The molecule has 1 heterocycles. The number of sulfone groups is 1. The van der Waals surface area contributed by atoms with Crippen molar-refractivity contribution in [3.63, 3.8) is 0 Å². The van der Waals surface area contributed by atoms with E-state index in [2.05, 4.69) is 10.6 Å². The van der Waals surface area contributed by atoms with Crippen LogP contribution in [-0.4, -0.2) is 51.8 Å². The summed E-state index contributed by atoms with van der Waals surface area (Å²) in [6.45, 7) is 1.88. The maximum absolute atomic E-state index is 11.2. The molecule has 0 radical (unpaired) electrons. The average molecular weight is 266 g/mol. The maximum Gasteiger partial charge on any atom is 0.166 e. The molecule has 0 aliphatic carbocycles. The fourth-order valence-corrected chi connectivity index (χ4v) is 3.65. The number of hydrogen-bond donors (Lipinski definition) is 2. The highest BCUT2D eigenvalue weighted by atomic mass is 32.2. The zero-order valence-electron chi connectivity index (χ0n) is 9.36. The molecule has 1 rings (SSSR count). The second kappa shape index (κ2) is 6.36. The smallest absolute Gasteiger partial charge is 0.166 e. The molecule has 1 aliphatic rings. The molecule has 1 unspecified atom stereocenters. The van der Waals surface area contributed by atoms with Crippen LogP contribution in [0.2, 0.25) is 0 Å². The van der Waals surface area contributed by atoms with Gasteiger partial charge in [0.25, 0.3) is 0 Å². The third kappa shape index (κ3) is 5.09. The highest BCUT2D eigenvalue weighted by Gasteiger charge is 2.27. The molecule has 1 fully saturated rings. The topological polar surface area (TPSA) is 67.4 Å². The lowest BCUT2D eigenvalue weighted by molar-refractivity contribution is 0.204. The van der Waals surface area contributed by atoms with E-state index >= 15 is 0 Å². The van der Waals surface area contributed by atoms with Crippen LogP contribution in [0.3, 0.4) is 0 Å². The van der Waals surface area contributed by atoms with Gasteiger partial charge in [-0.15, -0.1) is 0 Å². The lowest BCUT2D eigenvalue weighted by Gasteiger charge is -2.12. The number of thiocarbonyl (C=S) groups is 1. The van der Waals surface area contributed by atoms with Gasteiger partial charge >= 0.3 is 0 Å². The normalized spacial score (nSPS) is 22.9. The van der Waals surface area contributed by atoms with Crippen molar-refractivity contribution in [3.8, 4) is 0 Å². The summed E-state index contributed by atoms with van der Waals surface area (Å²) in [6.07, 6.45) is 0.732. The van der Waals surface area contributed by atoms with E-state index in [1.807, 2.05) is 0 Å². The van der Waals surface area contributed by atoms with Gasteiger partial charge in [0, 0.05) is 20.2 Å². The summed E-state index contributed by atoms with van der Waals surface area (Å²) >= 11 is 5.03. The zero-order valence-corrected chi connectivity index (χ0v) is 11.0. The van der Waals surface area contributed by atoms with Crippen molar-refractivity contribution in [3.05, 3.63) is 0 Å². The Morgan fingerprint density at radius 2 is 2.25 bits per heavy atom. The van der Waals surface area contributed by atoms with Crippen molar-refractivity contribution in [2.75, 3.05) is 38.3 Å². The number of nitrogens with one attached hydrogen (secondary N) is 2. The molecule has 1 atom stereocenters. The van der Waals surface area contributed by atoms with Crippen LogP contribution in [0.5, 0.6) is 0 Å². The van der Waals surface area contributed by atoms with E-state index in [0.29, 0.717) is 30.6 Å². The number of hydrogen-bond acceptors (Lipinski definition) is 4. The van der Waals surface area contributed by atoms with Crippen molar-refractivity contribution < 1.29 is 13.2 Å². The Balaban J connectivity index is 2.13. The fourth-order valence-electron chi connectivity index (χ4n) is 1.60. The third-order valence-corrected chi connectivity index (χ3v) is 4.60. The van der Waals surface area contributed by atoms with Crippen molar-refractivity contribution in [2.45, 2.75) is 6.42 Å². The Kier molecular flexibility index (Phi) is 5.43. The largest absolute Gasteiger partial charge is 0.383 e. The molecule has 1 saturated heterocycles. The van der Waals surface area contributed by atoms with Crippen LogP contribution in [0.4, 0.5) is 0 Å². The standard InChI is InChI=1S/C9H18N2O3S2/c1-14-4-3-10-9(15)11-6-8-2-5-16(12,13)7-8/h8H,2-7H2,1H3,(H2,10,11,15). The van der Waals surface area contributed by atoms with Gasteiger partial charge in [-0.3, -0.25) is 0 Å². The van der Waals surface area contributed by atoms with Crippen LogP contribution in [-0.2, 0) is 14.6 Å². The minimum atomic E-state index is -2.79. The van der Waals surface area contributed by atoms with E-state index in [4.69, 9.17) is 17.0 Å². The summed E-state index contributed by atoms with van der Waals surface area (Å²) < 4.78 is 27.3. The first kappa shape index (κ1) is 13.7. The molecule has 2 N–H and O–H groups in total. The summed E-state index contributed by atoms with van der Waals surface area (Å²) in [6, 6.07) is 0. The molecule has 5 nitrogen and oxygen atoms in total. The van der Waals surface area contributed by atoms with Crippen molar-refractivity contribution in [1.29, 1.82) is 0 Å². The molecule has 94 valence electrons. The SMILES string of the molecule is COCCNC(=S)NCC1CCS(=O)(=O)C1. The number of rotatable bonds is 5. The lowest BCUT2D eigenvalue weighted by atomic mass is 10.1. The first-order valence-corrected chi connectivity index (χ1v) is 7.47. The Bertz CT molecular complexity index is 330. The summed E-state index contributed by atoms with van der Waals surface area (Å²) in [5.41, 5.74) is 0. The molecule has 0 aromatic rings. The Morgan fingerprint density at radius 1 is 1.50 bits per heavy atom. The molecular weight excluding hydrogens is 248 g/mol. The van der Waals surface area contributed by atoms with E-state index in [1.54, 1.807) is 7.11 Å². The Hall–Kier alpha value is -0.400. The maximum atomic E-state index is 11.2. The monoisotopic (exact) mass is 266 g/mol. The second-order valence-electron chi connectivity index (χ2n) is 3.90. The summed E-state index contributed by atoms with van der Waals surface area (Å²) in [5.74, 6) is 0.774. The third-order valence-electron chi connectivity index (χ3n) is 2.47. The van der Waals surface area contributed by atoms with Gasteiger partial charge in [0.05, 0.1) is 18.1 Å². The van der Waals surface area contributed by atoms with Gasteiger partial charge in [0.1, 0.15) is 0 Å². The first-order chi connectivity index (χ1) is 7.53. The minimum Gasteiger partial charge on any atom is -0.383 e. The molecule has 0 bridgehead atoms. The van der Waals surface area contributed by atoms with Crippen LogP contribution in [0.1, 0.15) is 6.42 Å². The predicted molar refractivity (Wildman–Crippen MR) is 67.2 cm³/mol. The number of ether oxygens (including phenoxy) is 1. The molecule has 7 heteroatoms. The van der Waals surface area contributed by atoms with Gasteiger partial charge in [0.2, 0.25) is 0 Å². The summed E-state index contributed by atoms with van der Waals surface area (Å²) in [4.78, 5) is 0. The molecule has 0 amide bonds. The van der Waals surface area contributed by atoms with Crippen molar-refractivity contribution >= 4 is 27.2 Å². The van der Waals surface area contributed by atoms with Crippen molar-refractivity contribution in [2.24, 2.45) is 5.92 Å². The van der Waals surface area contributed by atoms with Gasteiger partial charge < -0.3 is 15.4 Å². The van der Waals surface area contributed by atoms with E-state index in [1.165, 1.54) is 0 Å². The molecule has 0 saturated carbocycles. The van der Waals surface area contributed by atoms with Crippen LogP contribution < -0.4 is 10.6 Å². The Morgan fingerprint density at radius 3 is 2.81 bits per heavy atom. The minimum absolute atomic E-state index is 0.187. The van der Waals surface area contributed by atoms with Crippen molar-refractivity contribution in [1.82, 2.24) is 10.6 Å². The molecule has 0 aromatic heterocycles. The van der Waals surface area contributed by atoms with E-state index in [9.17, 15) is 8.42 Å². The van der Waals surface area contributed by atoms with Gasteiger partial charge in [0.15, 0.2) is 14.9 Å². The van der Waals surface area contributed by atoms with Gasteiger partial charge in [-0.1, -0.05) is 0 Å². The average Bonchev–Trinajstić information content (AvgIpc) is 2.56. The molecule has 16 heavy (non-hydrogen) atoms. The van der Waals surface area contributed by atoms with Crippen LogP contribution in [0.25, 0.3) is 0 Å². The molecule has 0 aromatic carbocycles. The highest BCUT2D eigenvalue weighted by Crippen LogP contribution is 2.17. The Labute approximate surface area is 102 Å². The fraction of sp³-hybridized carbons (Fsp3) is 0.889. The second-order valence-corrected chi connectivity index (χ2v) is 6.54. The van der Waals surface area contributed by atoms with Gasteiger partial charge in [-0.2, -0.15) is 0 Å². The summed E-state index contributed by atoms with van der Waals surface area (Å²) in [7, 11) is -1.16. The van der Waals surface area contributed by atoms with Gasteiger partial charge in [-0.05, 0) is 24.6 Å². The highest BCUT2D eigenvalue weighted by molar-refractivity contribution is 7.91. The lowest BCUT2D eigenvalue weighted by Crippen LogP contribution is -2.39. The zero-order chi connectivity index (χ0) is 12.0. The molecule has 0 spiro atoms. The first-order valence-electron chi connectivity index (χ1n) is 5.24. The van der Waals surface area contributed by atoms with E-state index < -0.39 is 9.84 Å². The quantitative estimate of drug-likeness (QED) is 0.518. The van der Waals surface area contributed by atoms with E-state index in [-0.39, 0.29) is 11.7 Å². The van der Waals surface area contributed by atoms with Gasteiger partial charge in [-0.25, -0.2) is 8.42 Å². The summed E-state index contributed by atoms with van der Waals surface area (Å²) in [5, 5.41) is 6.55. The predicted octanol–water partition coefficient (Wildman–Crippen LogP) is -0.468. The van der Waals surface area contributed by atoms with E-state index in [0.717, 1.165) is 6.42 Å².